The number of benzene rings is 1. The summed E-state index contributed by atoms with van der Waals surface area (Å²) in [5, 5.41) is 12.2. The van der Waals surface area contributed by atoms with Gasteiger partial charge in [-0.25, -0.2) is 4.68 Å². The Balaban J connectivity index is 1.72. The molecule has 1 amide bonds. The summed E-state index contributed by atoms with van der Waals surface area (Å²) in [4.78, 5) is 28.4. The van der Waals surface area contributed by atoms with Crippen LogP contribution in [0.2, 0.25) is 0 Å². The minimum absolute atomic E-state index is 0.0982. The fourth-order valence-electron chi connectivity index (χ4n) is 3.89. The maximum atomic E-state index is 13.4. The van der Waals surface area contributed by atoms with Crippen LogP contribution in [-0.2, 0) is 11.8 Å². The van der Waals surface area contributed by atoms with Crippen LogP contribution in [0.5, 0.6) is 0 Å². The number of tetrazole rings is 1. The molecule has 1 aliphatic rings. The van der Waals surface area contributed by atoms with E-state index in [0.29, 0.717) is 10.8 Å². The predicted octanol–water partition coefficient (Wildman–Crippen LogP) is 2.20. The molecule has 4 rings (SSSR count). The van der Waals surface area contributed by atoms with Crippen LogP contribution in [0, 0.1) is 12.8 Å². The van der Waals surface area contributed by atoms with Crippen LogP contribution in [0.15, 0.2) is 40.3 Å². The number of rotatable bonds is 6. The Morgan fingerprint density at radius 1 is 1.13 bits per heavy atom. The summed E-state index contributed by atoms with van der Waals surface area (Å²) in [5.74, 6) is 0.208. The van der Waals surface area contributed by atoms with Crippen molar-refractivity contribution in [3.05, 3.63) is 46.4 Å². The highest BCUT2D eigenvalue weighted by atomic mass is 32.2. The van der Waals surface area contributed by atoms with Crippen molar-refractivity contribution in [3.8, 4) is 11.4 Å². The smallest absolute Gasteiger partial charge is 0.297 e. The van der Waals surface area contributed by atoms with E-state index in [9.17, 15) is 9.59 Å². The molecule has 1 aromatic carbocycles. The number of likely N-dealkylation sites (tertiary alicyclic amines) is 1. The van der Waals surface area contributed by atoms with Gasteiger partial charge in [0.1, 0.15) is 0 Å². The molecule has 31 heavy (non-hydrogen) atoms. The monoisotopic (exact) mass is 441 g/mol. The van der Waals surface area contributed by atoms with Gasteiger partial charge in [-0.05, 0) is 48.2 Å². The fraction of sp³-hybridized carbons (Fsp3) is 0.476. The average Bonchev–Trinajstić information content (AvgIpc) is 3.48. The van der Waals surface area contributed by atoms with Gasteiger partial charge in [0.15, 0.2) is 5.69 Å². The summed E-state index contributed by atoms with van der Waals surface area (Å²) in [6, 6.07) is 9.44. The highest BCUT2D eigenvalue weighted by Gasteiger charge is 2.32. The van der Waals surface area contributed by atoms with Crippen LogP contribution in [-0.4, -0.2) is 58.7 Å². The van der Waals surface area contributed by atoms with Gasteiger partial charge in [0, 0.05) is 20.1 Å². The topological polar surface area (TPSA) is 90.8 Å². The van der Waals surface area contributed by atoms with E-state index in [2.05, 4.69) is 15.5 Å². The maximum Gasteiger partial charge on any atom is 0.297 e. The van der Waals surface area contributed by atoms with Gasteiger partial charge in [0.05, 0.1) is 16.6 Å². The lowest BCUT2D eigenvalue weighted by Crippen LogP contribution is -2.38. The van der Waals surface area contributed by atoms with Crippen molar-refractivity contribution in [3.63, 3.8) is 0 Å². The fourth-order valence-corrected chi connectivity index (χ4v) is 4.95. The van der Waals surface area contributed by atoms with Gasteiger partial charge in [-0.1, -0.05) is 43.8 Å². The molecule has 10 heteroatoms. The second kappa shape index (κ2) is 8.70. The zero-order chi connectivity index (χ0) is 22.1. The summed E-state index contributed by atoms with van der Waals surface area (Å²) in [6.45, 7) is 7.51. The van der Waals surface area contributed by atoms with Crippen molar-refractivity contribution in [1.82, 2.24) is 34.5 Å². The molecule has 2 aromatic heterocycles. The summed E-state index contributed by atoms with van der Waals surface area (Å²) < 4.78 is 4.85. The number of amides is 1. The molecule has 9 nitrogen and oxygen atoms in total. The van der Waals surface area contributed by atoms with Crippen LogP contribution in [0.1, 0.15) is 32.4 Å². The van der Waals surface area contributed by atoms with E-state index in [-0.39, 0.29) is 22.6 Å². The first kappa shape index (κ1) is 21.4. The summed E-state index contributed by atoms with van der Waals surface area (Å²) >= 11 is 1.33. The number of carbonyl (C=O) groups is 1. The Bertz CT molecular complexity index is 1130. The van der Waals surface area contributed by atoms with Crippen molar-refractivity contribution in [2.45, 2.75) is 44.0 Å². The van der Waals surface area contributed by atoms with Crippen LogP contribution in [0.25, 0.3) is 11.4 Å². The van der Waals surface area contributed by atoms with Crippen LogP contribution < -0.4 is 5.56 Å². The van der Waals surface area contributed by atoms with Crippen LogP contribution in [0.3, 0.4) is 0 Å². The lowest BCUT2D eigenvalue weighted by molar-refractivity contribution is -0.130. The number of carbonyl (C=O) groups excluding carboxylic acids is 1. The quantitative estimate of drug-likeness (QED) is 0.545. The molecule has 164 valence electrons. The van der Waals surface area contributed by atoms with E-state index in [1.54, 1.807) is 9.36 Å². The zero-order valence-electron chi connectivity index (χ0n) is 18.2. The first-order valence-electron chi connectivity index (χ1n) is 10.5. The largest absolute Gasteiger partial charge is 0.342 e. The number of para-hydroxylation sites is 1. The minimum Gasteiger partial charge on any atom is -0.342 e. The normalized spacial score (nSPS) is 15.1. The predicted molar refractivity (Wildman–Crippen MR) is 119 cm³/mol. The van der Waals surface area contributed by atoms with Gasteiger partial charge in [-0.3, -0.25) is 14.3 Å². The Kier molecular flexibility index (Phi) is 5.99. The SMILES string of the molecule is Cc1c(-n2nnnc2SC(C(=O)N2CCCC2)C(C)C)c(=O)n(-c2ccccc2)n1C. The average molecular weight is 442 g/mol. The minimum atomic E-state index is -0.316. The molecule has 1 unspecified atom stereocenters. The highest BCUT2D eigenvalue weighted by Crippen LogP contribution is 2.30. The van der Waals surface area contributed by atoms with Crippen LogP contribution >= 0.6 is 11.8 Å². The molecule has 1 fully saturated rings. The molecule has 0 radical (unpaired) electrons. The van der Waals surface area contributed by atoms with Crippen molar-refractivity contribution in [1.29, 1.82) is 0 Å². The third-order valence-corrected chi connectivity index (χ3v) is 7.14. The third kappa shape index (κ3) is 3.91. The summed E-state index contributed by atoms with van der Waals surface area (Å²) in [5.41, 5.74) is 1.66. The highest BCUT2D eigenvalue weighted by molar-refractivity contribution is 8.00. The zero-order valence-corrected chi connectivity index (χ0v) is 19.0. The number of aromatic nitrogens is 6. The Morgan fingerprint density at radius 3 is 2.45 bits per heavy atom. The van der Waals surface area contributed by atoms with Gasteiger partial charge in [0.2, 0.25) is 11.1 Å². The van der Waals surface area contributed by atoms with Gasteiger partial charge in [-0.2, -0.15) is 4.68 Å². The number of hydrogen-bond acceptors (Lipinski definition) is 6. The Morgan fingerprint density at radius 2 is 1.81 bits per heavy atom. The Labute approximate surface area is 185 Å². The second-order valence-electron chi connectivity index (χ2n) is 8.10. The molecule has 0 saturated carbocycles. The van der Waals surface area contributed by atoms with Crippen molar-refractivity contribution in [2.24, 2.45) is 13.0 Å². The molecule has 3 heterocycles. The first-order chi connectivity index (χ1) is 14.9. The number of hydrogen-bond donors (Lipinski definition) is 0. The lowest BCUT2D eigenvalue weighted by Gasteiger charge is -2.24. The van der Waals surface area contributed by atoms with Crippen molar-refractivity contribution >= 4 is 17.7 Å². The molecular weight excluding hydrogens is 414 g/mol. The maximum absolute atomic E-state index is 13.4. The van der Waals surface area contributed by atoms with Crippen LogP contribution in [0.4, 0.5) is 0 Å². The molecule has 0 aliphatic carbocycles. The summed E-state index contributed by atoms with van der Waals surface area (Å²) in [7, 11) is 1.83. The van der Waals surface area contributed by atoms with Gasteiger partial charge in [0.25, 0.3) is 5.56 Å². The molecule has 0 bridgehead atoms. The van der Waals surface area contributed by atoms with Gasteiger partial charge >= 0.3 is 0 Å². The van der Waals surface area contributed by atoms with Crippen molar-refractivity contribution < 1.29 is 4.79 Å². The first-order valence-corrected chi connectivity index (χ1v) is 11.4. The van der Waals surface area contributed by atoms with E-state index in [0.717, 1.165) is 37.3 Å². The third-order valence-electron chi connectivity index (χ3n) is 5.68. The lowest BCUT2D eigenvalue weighted by atomic mass is 10.1. The van der Waals surface area contributed by atoms with Gasteiger partial charge < -0.3 is 4.90 Å². The van der Waals surface area contributed by atoms with E-state index >= 15 is 0 Å². The Hall–Kier alpha value is -2.88. The summed E-state index contributed by atoms with van der Waals surface area (Å²) in [6.07, 6.45) is 2.09. The van der Waals surface area contributed by atoms with E-state index in [1.165, 1.54) is 16.4 Å². The molecule has 0 N–H and O–H groups in total. The van der Waals surface area contributed by atoms with Gasteiger partial charge in [-0.15, -0.1) is 5.10 Å². The van der Waals surface area contributed by atoms with E-state index in [4.69, 9.17) is 0 Å². The second-order valence-corrected chi connectivity index (χ2v) is 9.21. The molecule has 1 atom stereocenters. The molecular formula is C21H27N7O2S. The number of nitrogens with zero attached hydrogens (tertiary/aromatic N) is 7. The standard InChI is InChI=1S/C21H27N7O2S/c1-14(2)18(20(30)26-12-8-9-13-26)31-21-22-23-24-27(21)17-15(3)25(4)28(19(17)29)16-10-6-5-7-11-16/h5-7,10-11,14,18H,8-9,12-13H2,1-4H3. The van der Waals surface area contributed by atoms with E-state index < -0.39 is 0 Å². The molecule has 1 aliphatic heterocycles. The van der Waals surface area contributed by atoms with E-state index in [1.807, 2.05) is 63.1 Å². The molecule has 1 saturated heterocycles. The van der Waals surface area contributed by atoms with Crippen molar-refractivity contribution in [2.75, 3.05) is 13.1 Å². The molecule has 0 spiro atoms. The molecule has 3 aromatic rings. The number of thioether (sulfide) groups is 1.